The third-order valence-electron chi connectivity index (χ3n) is 7.81. The Balaban J connectivity index is 1.22. The zero-order chi connectivity index (χ0) is 21.6. The van der Waals surface area contributed by atoms with Gasteiger partial charge < -0.3 is 19.9 Å². The Kier molecular flexibility index (Phi) is 5.39. The third-order valence-corrected chi connectivity index (χ3v) is 7.81. The number of fused-ring (bicyclic) bond motifs is 1. The van der Waals surface area contributed by atoms with Gasteiger partial charge in [-0.2, -0.15) is 0 Å². The van der Waals surface area contributed by atoms with Gasteiger partial charge in [-0.1, -0.05) is 42.5 Å². The summed E-state index contributed by atoms with van der Waals surface area (Å²) in [6, 6.07) is 10.7. The predicted octanol–water partition coefficient (Wildman–Crippen LogP) is 2.21. The maximum atomic E-state index is 13.3. The lowest BCUT2D eigenvalue weighted by atomic mass is 9.76. The quantitative estimate of drug-likeness (QED) is 0.713. The molecule has 166 valence electrons. The van der Waals surface area contributed by atoms with Gasteiger partial charge in [-0.15, -0.1) is 0 Å². The molecule has 4 aliphatic rings. The lowest BCUT2D eigenvalue weighted by Gasteiger charge is -2.33. The minimum atomic E-state index is -0.637. The Morgan fingerprint density at radius 2 is 1.94 bits per heavy atom. The molecule has 1 aromatic carbocycles. The van der Waals surface area contributed by atoms with Gasteiger partial charge in [0.05, 0.1) is 24.5 Å². The molecule has 0 aromatic heterocycles. The van der Waals surface area contributed by atoms with Crippen LogP contribution in [0.2, 0.25) is 0 Å². The van der Waals surface area contributed by atoms with Crippen molar-refractivity contribution >= 4 is 11.8 Å². The maximum absolute atomic E-state index is 13.3. The number of hydrogen-bond acceptors (Lipinski definition) is 4. The summed E-state index contributed by atoms with van der Waals surface area (Å²) in [5, 5.41) is 3.18. The van der Waals surface area contributed by atoms with Gasteiger partial charge in [-0.25, -0.2) is 0 Å². The van der Waals surface area contributed by atoms with Crippen LogP contribution in [0.1, 0.15) is 31.2 Å². The summed E-state index contributed by atoms with van der Waals surface area (Å²) in [5.41, 5.74) is 0.461. The molecule has 3 aliphatic heterocycles. The van der Waals surface area contributed by atoms with Crippen LogP contribution in [0.15, 0.2) is 42.5 Å². The standard InChI is InChI=1S/C25H33N3O3/c1-27(2)19-10-8-17(9-11-19)14-26-23(29)21-20-12-13-25(31-20)16-28(24(30)22(21)25)15-18-6-4-3-5-7-18/h3-7,12-13,17,19-22H,8-11,14-16H2,1-2H3,(H,26,29)/t17?,19?,20-,21+,22-,25-/m1/s1. The number of rotatable bonds is 6. The fourth-order valence-corrected chi connectivity index (χ4v) is 6.04. The number of nitrogens with one attached hydrogen (secondary N) is 1. The highest BCUT2D eigenvalue weighted by atomic mass is 16.5. The van der Waals surface area contributed by atoms with Gasteiger partial charge in [0.25, 0.3) is 0 Å². The van der Waals surface area contributed by atoms with Gasteiger partial charge >= 0.3 is 0 Å². The average Bonchev–Trinajstić information content (AvgIpc) is 3.41. The van der Waals surface area contributed by atoms with E-state index in [0.29, 0.717) is 31.6 Å². The first kappa shape index (κ1) is 20.7. The fraction of sp³-hybridized carbons (Fsp3) is 0.600. The maximum Gasteiger partial charge on any atom is 0.230 e. The number of carbonyl (C=O) groups is 2. The fourth-order valence-electron chi connectivity index (χ4n) is 6.04. The van der Waals surface area contributed by atoms with Crippen LogP contribution in [0.25, 0.3) is 0 Å². The topological polar surface area (TPSA) is 61.9 Å². The second-order valence-corrected chi connectivity index (χ2v) is 9.96. The molecule has 0 unspecified atom stereocenters. The first-order valence-corrected chi connectivity index (χ1v) is 11.6. The molecule has 31 heavy (non-hydrogen) atoms. The van der Waals surface area contributed by atoms with Crippen molar-refractivity contribution < 1.29 is 14.3 Å². The van der Waals surface area contributed by atoms with Crippen molar-refractivity contribution in [1.82, 2.24) is 15.1 Å². The van der Waals surface area contributed by atoms with Crippen molar-refractivity contribution in [1.29, 1.82) is 0 Å². The van der Waals surface area contributed by atoms with Crippen molar-refractivity contribution in [2.45, 2.75) is 50.0 Å². The summed E-state index contributed by atoms with van der Waals surface area (Å²) < 4.78 is 6.25. The highest BCUT2D eigenvalue weighted by Gasteiger charge is 2.66. The summed E-state index contributed by atoms with van der Waals surface area (Å²) in [6.07, 6.45) is 8.39. The number of carbonyl (C=O) groups excluding carboxylic acids is 2. The average molecular weight is 424 g/mol. The largest absolute Gasteiger partial charge is 0.360 e. The van der Waals surface area contributed by atoms with Crippen LogP contribution in [-0.4, -0.2) is 66.5 Å². The number of ether oxygens (including phenoxy) is 1. The number of likely N-dealkylation sites (tertiary alicyclic amines) is 1. The third kappa shape index (κ3) is 3.70. The molecule has 1 aromatic rings. The highest BCUT2D eigenvalue weighted by Crippen LogP contribution is 2.52. The lowest BCUT2D eigenvalue weighted by molar-refractivity contribution is -0.138. The van der Waals surface area contributed by atoms with Gasteiger partial charge in [-0.3, -0.25) is 9.59 Å². The molecule has 2 bridgehead atoms. The minimum Gasteiger partial charge on any atom is -0.360 e. The predicted molar refractivity (Wildman–Crippen MR) is 118 cm³/mol. The van der Waals surface area contributed by atoms with Crippen LogP contribution in [0.4, 0.5) is 0 Å². The smallest absolute Gasteiger partial charge is 0.230 e. The number of hydrogen-bond donors (Lipinski definition) is 1. The summed E-state index contributed by atoms with van der Waals surface area (Å²) in [7, 11) is 4.29. The van der Waals surface area contributed by atoms with E-state index in [-0.39, 0.29) is 17.9 Å². The molecule has 1 spiro atoms. The van der Waals surface area contributed by atoms with Crippen molar-refractivity contribution in [3.8, 4) is 0 Å². The van der Waals surface area contributed by atoms with Crippen molar-refractivity contribution in [3.05, 3.63) is 48.0 Å². The molecule has 6 nitrogen and oxygen atoms in total. The van der Waals surface area contributed by atoms with E-state index < -0.39 is 17.4 Å². The van der Waals surface area contributed by atoms with Crippen LogP contribution in [0.5, 0.6) is 0 Å². The summed E-state index contributed by atoms with van der Waals surface area (Å²) in [5.74, 6) is -0.279. The monoisotopic (exact) mass is 423 g/mol. The van der Waals surface area contributed by atoms with E-state index in [1.54, 1.807) is 0 Å². The van der Waals surface area contributed by atoms with Crippen LogP contribution in [0.3, 0.4) is 0 Å². The first-order valence-electron chi connectivity index (χ1n) is 11.6. The molecule has 1 aliphatic carbocycles. The number of nitrogens with zero attached hydrogens (tertiary/aromatic N) is 2. The van der Waals surface area contributed by atoms with E-state index in [4.69, 9.17) is 4.74 Å². The van der Waals surface area contributed by atoms with Crippen LogP contribution in [-0.2, 0) is 20.9 Å². The molecule has 5 rings (SSSR count). The molecule has 1 N–H and O–H groups in total. The summed E-state index contributed by atoms with van der Waals surface area (Å²) >= 11 is 0. The Morgan fingerprint density at radius 1 is 1.19 bits per heavy atom. The van der Waals surface area contributed by atoms with E-state index in [2.05, 4.69) is 24.3 Å². The Hall–Kier alpha value is -2.18. The van der Waals surface area contributed by atoms with Crippen molar-refractivity contribution in [2.24, 2.45) is 17.8 Å². The van der Waals surface area contributed by atoms with Crippen molar-refractivity contribution in [3.63, 3.8) is 0 Å². The lowest BCUT2D eigenvalue weighted by Crippen LogP contribution is -2.45. The Morgan fingerprint density at radius 3 is 2.65 bits per heavy atom. The summed E-state index contributed by atoms with van der Waals surface area (Å²) in [4.78, 5) is 30.7. The molecule has 0 radical (unpaired) electrons. The second-order valence-electron chi connectivity index (χ2n) is 9.96. The summed E-state index contributed by atoms with van der Waals surface area (Å²) in [6.45, 7) is 1.79. The van der Waals surface area contributed by atoms with E-state index in [1.807, 2.05) is 47.4 Å². The van der Waals surface area contributed by atoms with Gasteiger partial charge in [0, 0.05) is 19.1 Å². The Bertz CT molecular complexity index is 862. The van der Waals surface area contributed by atoms with E-state index >= 15 is 0 Å². The minimum absolute atomic E-state index is 0.0223. The van der Waals surface area contributed by atoms with Crippen LogP contribution >= 0.6 is 0 Å². The molecule has 2 saturated heterocycles. The van der Waals surface area contributed by atoms with Gasteiger partial charge in [-0.05, 0) is 51.3 Å². The molecule has 1 saturated carbocycles. The normalized spacial score (nSPS) is 36.3. The molecule has 3 fully saturated rings. The van der Waals surface area contributed by atoms with Crippen LogP contribution in [0, 0.1) is 17.8 Å². The van der Waals surface area contributed by atoms with Gasteiger partial charge in [0.2, 0.25) is 11.8 Å². The van der Waals surface area contributed by atoms with Gasteiger partial charge in [0.1, 0.15) is 5.60 Å². The van der Waals surface area contributed by atoms with Crippen LogP contribution < -0.4 is 5.32 Å². The molecule has 6 heteroatoms. The molecule has 2 amide bonds. The molecular weight excluding hydrogens is 390 g/mol. The highest BCUT2D eigenvalue weighted by molar-refractivity contribution is 5.93. The molecule has 3 heterocycles. The molecule has 4 atom stereocenters. The van der Waals surface area contributed by atoms with E-state index in [1.165, 1.54) is 12.8 Å². The van der Waals surface area contributed by atoms with Gasteiger partial charge in [0.15, 0.2) is 0 Å². The Labute approximate surface area is 184 Å². The van der Waals surface area contributed by atoms with E-state index in [9.17, 15) is 9.59 Å². The molecular formula is C25H33N3O3. The zero-order valence-electron chi connectivity index (χ0n) is 18.5. The zero-order valence-corrected chi connectivity index (χ0v) is 18.5. The van der Waals surface area contributed by atoms with Crippen molar-refractivity contribution in [2.75, 3.05) is 27.2 Å². The number of benzene rings is 1. The van der Waals surface area contributed by atoms with E-state index in [0.717, 1.165) is 18.4 Å². The number of amides is 2. The first-order chi connectivity index (χ1) is 15.0. The second kappa shape index (κ2) is 8.06. The SMILES string of the molecule is CN(C)C1CCC(CNC(=O)[C@H]2[C@H]3C=C[C@]4(CN(Cc5ccccc5)C(=O)[C@@H]24)O3)CC1.